The molecule has 5 heteroatoms. The van der Waals surface area contributed by atoms with E-state index in [4.69, 9.17) is 0 Å². The zero-order valence-electron chi connectivity index (χ0n) is 16.9. The first-order chi connectivity index (χ1) is 13.9. The predicted molar refractivity (Wildman–Crippen MR) is 115 cm³/mol. The first-order valence-corrected chi connectivity index (χ1v) is 9.67. The largest absolute Gasteiger partial charge is 0.273 e. The molecular weight excluding hydrogens is 360 g/mol. The molecule has 1 heterocycles. The minimum atomic E-state index is -0.0989. The molecule has 0 aliphatic heterocycles. The van der Waals surface area contributed by atoms with Gasteiger partial charge >= 0.3 is 0 Å². The van der Waals surface area contributed by atoms with Gasteiger partial charge < -0.3 is 0 Å². The molecule has 0 aliphatic carbocycles. The Morgan fingerprint density at radius 3 is 2.24 bits per heavy atom. The smallest absolute Gasteiger partial charge is 0.267 e. The number of carbonyl (C=O) groups excluding carboxylic acids is 1. The van der Waals surface area contributed by atoms with Crippen LogP contribution in [0.1, 0.15) is 42.3 Å². The molecule has 1 aromatic heterocycles. The van der Waals surface area contributed by atoms with E-state index in [-0.39, 0.29) is 11.3 Å². The summed E-state index contributed by atoms with van der Waals surface area (Å²) in [6.07, 6.45) is 3.10. The number of rotatable bonds is 4. The number of carbonyl (C=O) groups is 1. The summed E-state index contributed by atoms with van der Waals surface area (Å²) in [5.74, 6) is -0.0989. The van der Waals surface area contributed by atoms with Gasteiger partial charge in [-0.25, -0.2) is 9.69 Å². The van der Waals surface area contributed by atoms with Crippen LogP contribution < -0.4 is 5.01 Å². The molecule has 0 saturated heterocycles. The highest BCUT2D eigenvalue weighted by Crippen LogP contribution is 2.23. The van der Waals surface area contributed by atoms with E-state index in [1.165, 1.54) is 5.56 Å². The van der Waals surface area contributed by atoms with E-state index in [2.05, 4.69) is 55.2 Å². The van der Waals surface area contributed by atoms with Crippen LogP contribution >= 0.6 is 0 Å². The van der Waals surface area contributed by atoms with Crippen molar-refractivity contribution in [3.63, 3.8) is 0 Å². The fourth-order valence-corrected chi connectivity index (χ4v) is 3.43. The van der Waals surface area contributed by atoms with E-state index >= 15 is 0 Å². The Morgan fingerprint density at radius 2 is 1.55 bits per heavy atom. The van der Waals surface area contributed by atoms with Gasteiger partial charge in [0.05, 0.1) is 6.54 Å². The van der Waals surface area contributed by atoms with Gasteiger partial charge in [0.2, 0.25) is 0 Å². The summed E-state index contributed by atoms with van der Waals surface area (Å²) in [5.41, 5.74) is 2.93. The SMILES string of the molecule is CC(C)(C)c1ccc(C(=O)N(Cc2cccc3ccccc23)n2cnnc2)cc1. The van der Waals surface area contributed by atoms with E-state index in [1.54, 1.807) is 22.3 Å². The molecule has 0 saturated carbocycles. The highest BCUT2D eigenvalue weighted by atomic mass is 16.2. The van der Waals surface area contributed by atoms with Crippen molar-refractivity contribution in [2.75, 3.05) is 5.01 Å². The molecule has 0 N–H and O–H groups in total. The standard InChI is InChI=1S/C24H24N4O/c1-24(2,3)21-13-11-19(12-14-21)23(29)28(27-16-25-26-17-27)15-20-9-6-8-18-7-4-5-10-22(18)20/h4-14,16-17H,15H2,1-3H3. The first-order valence-electron chi connectivity index (χ1n) is 9.67. The summed E-state index contributed by atoms with van der Waals surface area (Å²) in [6.45, 7) is 6.90. The number of nitrogens with zero attached hydrogens (tertiary/aromatic N) is 4. The highest BCUT2D eigenvalue weighted by Gasteiger charge is 2.20. The maximum absolute atomic E-state index is 13.4. The minimum absolute atomic E-state index is 0.0402. The van der Waals surface area contributed by atoms with Gasteiger partial charge in [-0.1, -0.05) is 75.4 Å². The third-order valence-corrected chi connectivity index (χ3v) is 5.12. The maximum atomic E-state index is 13.4. The number of amides is 1. The average molecular weight is 384 g/mol. The maximum Gasteiger partial charge on any atom is 0.273 e. The fraction of sp³-hybridized carbons (Fsp3) is 0.208. The lowest BCUT2D eigenvalue weighted by atomic mass is 9.86. The Labute approximate surface area is 170 Å². The van der Waals surface area contributed by atoms with Crippen molar-refractivity contribution in [3.8, 4) is 0 Å². The molecule has 146 valence electrons. The molecule has 0 fully saturated rings. The lowest BCUT2D eigenvalue weighted by Crippen LogP contribution is -2.39. The lowest BCUT2D eigenvalue weighted by molar-refractivity contribution is 0.0955. The lowest BCUT2D eigenvalue weighted by Gasteiger charge is -2.24. The third-order valence-electron chi connectivity index (χ3n) is 5.12. The van der Waals surface area contributed by atoms with Gasteiger partial charge in [-0.15, -0.1) is 10.2 Å². The van der Waals surface area contributed by atoms with E-state index in [0.29, 0.717) is 12.1 Å². The Balaban J connectivity index is 1.70. The van der Waals surface area contributed by atoms with Crippen molar-refractivity contribution in [2.45, 2.75) is 32.7 Å². The van der Waals surface area contributed by atoms with Gasteiger partial charge in [0.25, 0.3) is 5.91 Å². The monoisotopic (exact) mass is 384 g/mol. The molecule has 4 aromatic rings. The summed E-state index contributed by atoms with van der Waals surface area (Å²) in [4.78, 5) is 13.4. The number of hydrogen-bond acceptors (Lipinski definition) is 3. The van der Waals surface area contributed by atoms with Crippen molar-refractivity contribution < 1.29 is 4.79 Å². The van der Waals surface area contributed by atoms with Crippen LogP contribution in [0.5, 0.6) is 0 Å². The zero-order chi connectivity index (χ0) is 20.4. The number of aromatic nitrogens is 3. The topological polar surface area (TPSA) is 51.0 Å². The molecule has 29 heavy (non-hydrogen) atoms. The fourth-order valence-electron chi connectivity index (χ4n) is 3.43. The normalized spacial score (nSPS) is 11.6. The molecule has 0 spiro atoms. The summed E-state index contributed by atoms with van der Waals surface area (Å²) in [7, 11) is 0. The van der Waals surface area contributed by atoms with Gasteiger partial charge in [0.1, 0.15) is 12.7 Å². The first kappa shape index (κ1) is 18.9. The Hall–Kier alpha value is -3.47. The second-order valence-electron chi connectivity index (χ2n) is 8.17. The molecule has 0 atom stereocenters. The summed E-state index contributed by atoms with van der Waals surface area (Å²) < 4.78 is 1.64. The van der Waals surface area contributed by atoms with Crippen LogP contribution in [0.25, 0.3) is 10.8 Å². The number of benzene rings is 3. The van der Waals surface area contributed by atoms with Gasteiger partial charge in [-0.2, -0.15) is 0 Å². The number of fused-ring (bicyclic) bond motifs is 1. The van der Waals surface area contributed by atoms with Crippen molar-refractivity contribution >= 4 is 16.7 Å². The van der Waals surface area contributed by atoms with Crippen LogP contribution in [-0.2, 0) is 12.0 Å². The Kier molecular flexibility index (Phi) is 4.89. The van der Waals surface area contributed by atoms with E-state index in [0.717, 1.165) is 16.3 Å². The molecule has 1 amide bonds. The molecule has 0 unspecified atom stereocenters. The van der Waals surface area contributed by atoms with E-state index < -0.39 is 0 Å². The van der Waals surface area contributed by atoms with E-state index in [9.17, 15) is 4.79 Å². The van der Waals surface area contributed by atoms with E-state index in [1.807, 2.05) is 42.5 Å². The number of hydrogen-bond donors (Lipinski definition) is 0. The van der Waals surface area contributed by atoms with Crippen LogP contribution in [0.2, 0.25) is 0 Å². The highest BCUT2D eigenvalue weighted by molar-refractivity contribution is 6.01. The van der Waals surface area contributed by atoms with Crippen molar-refractivity contribution in [1.82, 2.24) is 14.9 Å². The quantitative estimate of drug-likeness (QED) is 0.512. The van der Waals surface area contributed by atoms with Crippen LogP contribution in [0.3, 0.4) is 0 Å². The van der Waals surface area contributed by atoms with Gasteiger partial charge in [0, 0.05) is 5.56 Å². The Morgan fingerprint density at radius 1 is 0.897 bits per heavy atom. The predicted octanol–water partition coefficient (Wildman–Crippen LogP) is 4.71. The van der Waals surface area contributed by atoms with Gasteiger partial charge in [0.15, 0.2) is 0 Å². The molecule has 3 aromatic carbocycles. The summed E-state index contributed by atoms with van der Waals surface area (Å²) in [5, 5.41) is 11.7. The Bertz CT molecular complexity index is 1120. The molecule has 5 nitrogen and oxygen atoms in total. The van der Waals surface area contributed by atoms with Crippen molar-refractivity contribution in [2.24, 2.45) is 0 Å². The average Bonchev–Trinajstić information content (AvgIpc) is 3.25. The molecule has 0 bridgehead atoms. The van der Waals surface area contributed by atoms with Crippen LogP contribution in [-0.4, -0.2) is 20.8 Å². The molecule has 4 rings (SSSR count). The zero-order valence-corrected chi connectivity index (χ0v) is 16.9. The van der Waals surface area contributed by atoms with Crippen molar-refractivity contribution in [1.29, 1.82) is 0 Å². The van der Waals surface area contributed by atoms with Gasteiger partial charge in [-0.3, -0.25) is 4.79 Å². The summed E-state index contributed by atoms with van der Waals surface area (Å²) in [6, 6.07) is 22.2. The second-order valence-corrected chi connectivity index (χ2v) is 8.17. The van der Waals surface area contributed by atoms with Gasteiger partial charge in [-0.05, 0) is 39.4 Å². The molecular formula is C24H24N4O. The minimum Gasteiger partial charge on any atom is -0.267 e. The van der Waals surface area contributed by atoms with Crippen LogP contribution in [0, 0.1) is 0 Å². The van der Waals surface area contributed by atoms with Crippen molar-refractivity contribution in [3.05, 3.63) is 96.1 Å². The third kappa shape index (κ3) is 3.90. The second kappa shape index (κ2) is 7.51. The summed E-state index contributed by atoms with van der Waals surface area (Å²) >= 11 is 0. The van der Waals surface area contributed by atoms with Crippen LogP contribution in [0.4, 0.5) is 0 Å². The molecule has 0 radical (unpaired) electrons. The van der Waals surface area contributed by atoms with Crippen LogP contribution in [0.15, 0.2) is 79.4 Å². The molecule has 0 aliphatic rings.